The summed E-state index contributed by atoms with van der Waals surface area (Å²) in [5, 5.41) is 0. The zero-order chi connectivity index (χ0) is 24.0. The molecule has 1 N–H and O–H groups in total. The van der Waals surface area contributed by atoms with Crippen LogP contribution in [-0.4, -0.2) is 28.0 Å². The van der Waals surface area contributed by atoms with Crippen LogP contribution in [0.4, 0.5) is 13.2 Å². The highest BCUT2D eigenvalue weighted by Crippen LogP contribution is 2.54. The highest BCUT2D eigenvalue weighted by molar-refractivity contribution is 6.01. The van der Waals surface area contributed by atoms with Crippen molar-refractivity contribution in [3.63, 3.8) is 0 Å². The summed E-state index contributed by atoms with van der Waals surface area (Å²) in [5.74, 6) is 1.59. The molecule has 4 aromatic rings. The topological polar surface area (TPSA) is 55.0 Å². The molecule has 7 heteroatoms. The third-order valence-electron chi connectivity index (χ3n) is 6.34. The first-order valence-corrected chi connectivity index (χ1v) is 11.1. The summed E-state index contributed by atoms with van der Waals surface area (Å²) in [5.41, 5.74) is 5.33. The minimum Gasteiger partial charge on any atom is -0.481 e. The third-order valence-corrected chi connectivity index (χ3v) is 6.34. The number of halogens is 3. The number of benzene rings is 3. The number of ketones is 1. The normalized spacial score (nSPS) is 18.6. The lowest BCUT2D eigenvalue weighted by Crippen LogP contribution is -2.31. The average molecular weight is 464 g/mol. The van der Waals surface area contributed by atoms with E-state index in [2.05, 4.69) is 4.98 Å². The fourth-order valence-electron chi connectivity index (χ4n) is 4.34. The second-order valence-corrected chi connectivity index (χ2v) is 8.78. The number of imidazole rings is 1. The van der Waals surface area contributed by atoms with Crippen LogP contribution in [0.25, 0.3) is 22.2 Å². The van der Waals surface area contributed by atoms with Crippen LogP contribution in [0.1, 0.15) is 53.8 Å². The smallest absolute Gasteiger partial charge is 0.425 e. The number of rotatable bonds is 6. The zero-order valence-electron chi connectivity index (χ0n) is 18.7. The van der Waals surface area contributed by atoms with Crippen molar-refractivity contribution in [3.8, 4) is 16.9 Å². The fourth-order valence-corrected chi connectivity index (χ4v) is 4.34. The standard InChI is InChI=1S/C27H23F3N2O2/c1-15(33)20-5-3-4-6-21(20)18-9-12-24-25(13-18)32-26(31-24)23-14-22(23)17-7-10-19(11-8-17)34-16(2)27(28,29)30/h3-13,16,22-23H,14H2,1-2H3,(H,31,32). The number of alkyl halides is 3. The Kier molecular flexibility index (Phi) is 5.42. The molecule has 0 radical (unpaired) electrons. The highest BCUT2D eigenvalue weighted by Gasteiger charge is 2.42. The van der Waals surface area contributed by atoms with Crippen molar-refractivity contribution in [2.45, 2.75) is 44.4 Å². The maximum Gasteiger partial charge on any atom is 0.425 e. The highest BCUT2D eigenvalue weighted by atomic mass is 19.4. The first kappa shape index (κ1) is 22.2. The third kappa shape index (κ3) is 4.30. The molecule has 1 aliphatic carbocycles. The minimum atomic E-state index is -4.39. The fraction of sp³-hybridized carbons (Fsp3) is 0.259. The Balaban J connectivity index is 1.33. The van der Waals surface area contributed by atoms with E-state index in [0.29, 0.717) is 5.56 Å². The Bertz CT molecular complexity index is 1360. The molecule has 5 rings (SSSR count). The molecule has 1 saturated carbocycles. The Labute approximate surface area is 194 Å². The lowest BCUT2D eigenvalue weighted by atomic mass is 9.97. The first-order chi connectivity index (χ1) is 16.2. The molecule has 0 amide bonds. The van der Waals surface area contributed by atoms with Crippen LogP contribution in [0.15, 0.2) is 66.7 Å². The predicted octanol–water partition coefficient (Wildman–Crippen LogP) is 7.03. The molecule has 4 nitrogen and oxygen atoms in total. The molecule has 1 aliphatic rings. The number of aromatic nitrogens is 2. The minimum absolute atomic E-state index is 0.0195. The quantitative estimate of drug-likeness (QED) is 0.312. The lowest BCUT2D eigenvalue weighted by Gasteiger charge is -2.17. The van der Waals surface area contributed by atoms with Crippen LogP contribution < -0.4 is 4.74 Å². The van der Waals surface area contributed by atoms with Crippen molar-refractivity contribution in [1.82, 2.24) is 9.97 Å². The number of nitrogens with one attached hydrogen (secondary N) is 1. The van der Waals surface area contributed by atoms with Crippen LogP contribution in [0.3, 0.4) is 0 Å². The van der Waals surface area contributed by atoms with Crippen molar-refractivity contribution >= 4 is 16.8 Å². The summed E-state index contributed by atoms with van der Waals surface area (Å²) in [6, 6.07) is 20.3. The molecule has 174 valence electrons. The van der Waals surface area contributed by atoms with Gasteiger partial charge >= 0.3 is 6.18 Å². The molecule has 0 bridgehead atoms. The Morgan fingerprint density at radius 2 is 1.79 bits per heavy atom. The second kappa shape index (κ2) is 8.31. The van der Waals surface area contributed by atoms with Gasteiger partial charge in [0, 0.05) is 11.5 Å². The number of H-pyrrole nitrogens is 1. The van der Waals surface area contributed by atoms with Gasteiger partial charge in [-0.25, -0.2) is 4.98 Å². The van der Waals surface area contributed by atoms with E-state index in [1.165, 1.54) is 0 Å². The van der Waals surface area contributed by atoms with Crippen molar-refractivity contribution in [2.75, 3.05) is 0 Å². The monoisotopic (exact) mass is 464 g/mol. The number of fused-ring (bicyclic) bond motifs is 1. The van der Waals surface area contributed by atoms with Gasteiger partial charge in [-0.05, 0) is 67.1 Å². The van der Waals surface area contributed by atoms with Crippen LogP contribution in [0.2, 0.25) is 0 Å². The molecule has 3 aromatic carbocycles. The summed E-state index contributed by atoms with van der Waals surface area (Å²) in [4.78, 5) is 20.2. The van der Waals surface area contributed by atoms with Crippen molar-refractivity contribution < 1.29 is 22.7 Å². The number of hydrogen-bond acceptors (Lipinski definition) is 3. The molecule has 1 fully saturated rings. The van der Waals surface area contributed by atoms with E-state index in [1.54, 1.807) is 19.1 Å². The van der Waals surface area contributed by atoms with E-state index in [0.717, 1.165) is 46.9 Å². The maximum atomic E-state index is 12.7. The molecule has 3 unspecified atom stereocenters. The summed E-state index contributed by atoms with van der Waals surface area (Å²) >= 11 is 0. The van der Waals surface area contributed by atoms with Crippen LogP contribution >= 0.6 is 0 Å². The Hall–Kier alpha value is -3.61. The van der Waals surface area contributed by atoms with Gasteiger partial charge in [-0.3, -0.25) is 4.79 Å². The number of ether oxygens (including phenoxy) is 1. The molecule has 1 heterocycles. The Morgan fingerprint density at radius 3 is 2.50 bits per heavy atom. The summed E-state index contributed by atoms with van der Waals surface area (Å²) in [6.45, 7) is 2.56. The van der Waals surface area contributed by atoms with Gasteiger partial charge in [0.1, 0.15) is 11.6 Å². The molecule has 1 aromatic heterocycles. The maximum absolute atomic E-state index is 12.7. The van der Waals surface area contributed by atoms with Crippen LogP contribution in [0, 0.1) is 0 Å². The summed E-state index contributed by atoms with van der Waals surface area (Å²) in [7, 11) is 0. The van der Waals surface area contributed by atoms with Gasteiger partial charge < -0.3 is 9.72 Å². The second-order valence-electron chi connectivity index (χ2n) is 8.78. The molecule has 0 aliphatic heterocycles. The number of aromatic amines is 1. The molecule has 0 saturated heterocycles. The van der Waals surface area contributed by atoms with Gasteiger partial charge in [-0.2, -0.15) is 13.2 Å². The van der Waals surface area contributed by atoms with Gasteiger partial charge in [0.25, 0.3) is 0 Å². The van der Waals surface area contributed by atoms with E-state index in [9.17, 15) is 18.0 Å². The number of hydrogen-bond donors (Lipinski definition) is 1. The number of Topliss-reactive ketones (excluding diaryl/α,β-unsaturated/α-hetero) is 1. The number of carbonyl (C=O) groups excluding carboxylic acids is 1. The average Bonchev–Trinajstić information content (AvgIpc) is 3.49. The van der Waals surface area contributed by atoms with Crippen LogP contribution in [-0.2, 0) is 0 Å². The predicted molar refractivity (Wildman–Crippen MR) is 124 cm³/mol. The van der Waals surface area contributed by atoms with Gasteiger partial charge in [-0.1, -0.05) is 42.5 Å². The largest absolute Gasteiger partial charge is 0.481 e. The molecule has 0 spiro atoms. The van der Waals surface area contributed by atoms with Gasteiger partial charge in [0.2, 0.25) is 0 Å². The molecular formula is C27H23F3N2O2. The SMILES string of the molecule is CC(=O)c1ccccc1-c1ccc2nc(C3CC3c3ccc(OC(C)C(F)(F)F)cc3)[nH]c2c1. The van der Waals surface area contributed by atoms with E-state index in [-0.39, 0.29) is 23.4 Å². The molecule has 34 heavy (non-hydrogen) atoms. The summed E-state index contributed by atoms with van der Waals surface area (Å²) in [6.07, 6.45) is -5.33. The van der Waals surface area contributed by atoms with E-state index in [4.69, 9.17) is 9.72 Å². The van der Waals surface area contributed by atoms with E-state index in [1.807, 2.05) is 54.6 Å². The van der Waals surface area contributed by atoms with Crippen molar-refractivity contribution in [3.05, 3.63) is 83.7 Å². The van der Waals surface area contributed by atoms with Crippen molar-refractivity contribution in [1.29, 1.82) is 0 Å². The van der Waals surface area contributed by atoms with E-state index >= 15 is 0 Å². The Morgan fingerprint density at radius 1 is 1.06 bits per heavy atom. The molecule has 3 atom stereocenters. The van der Waals surface area contributed by atoms with Crippen molar-refractivity contribution in [2.24, 2.45) is 0 Å². The number of carbonyl (C=O) groups is 1. The zero-order valence-corrected chi connectivity index (χ0v) is 18.7. The van der Waals surface area contributed by atoms with Gasteiger partial charge in [0.05, 0.1) is 11.0 Å². The van der Waals surface area contributed by atoms with E-state index < -0.39 is 12.3 Å². The molecular weight excluding hydrogens is 441 g/mol. The lowest BCUT2D eigenvalue weighted by molar-refractivity contribution is -0.189. The number of nitrogens with zero attached hydrogens (tertiary/aromatic N) is 1. The van der Waals surface area contributed by atoms with Gasteiger partial charge in [-0.15, -0.1) is 0 Å². The first-order valence-electron chi connectivity index (χ1n) is 11.1. The van der Waals surface area contributed by atoms with Gasteiger partial charge in [0.15, 0.2) is 11.9 Å². The summed E-state index contributed by atoms with van der Waals surface area (Å²) < 4.78 is 43.1. The van der Waals surface area contributed by atoms with Crippen LogP contribution in [0.5, 0.6) is 5.75 Å².